The topological polar surface area (TPSA) is 58.6 Å². The predicted octanol–water partition coefficient (Wildman–Crippen LogP) is 1.81. The molecule has 0 unspecified atom stereocenters. The molecule has 2 aliphatic rings. The lowest BCUT2D eigenvalue weighted by molar-refractivity contribution is -0.134. The van der Waals surface area contributed by atoms with Gasteiger partial charge >= 0.3 is 0 Å². The molecule has 2 saturated heterocycles. The number of amides is 1. The van der Waals surface area contributed by atoms with Gasteiger partial charge in [-0.1, -0.05) is 0 Å². The van der Waals surface area contributed by atoms with Crippen LogP contribution in [0.3, 0.4) is 0 Å². The van der Waals surface area contributed by atoms with Crippen LogP contribution < -0.4 is 0 Å². The molecule has 0 N–H and O–H groups in total. The number of carbonyl (C=O) groups is 1. The normalized spacial score (nSPS) is 27.4. The number of halogens is 1. The van der Waals surface area contributed by atoms with Crippen LogP contribution in [0, 0.1) is 0 Å². The summed E-state index contributed by atoms with van der Waals surface area (Å²) in [5.41, 5.74) is 0.964. The van der Waals surface area contributed by atoms with Crippen LogP contribution in [0.1, 0.15) is 37.7 Å². The van der Waals surface area contributed by atoms with E-state index in [9.17, 15) is 9.18 Å². The molecule has 138 valence electrons. The fourth-order valence-electron chi connectivity index (χ4n) is 3.69. The molecular formula is C18H27FN4O2. The maximum absolute atomic E-state index is 14.0. The zero-order valence-electron chi connectivity index (χ0n) is 14.8. The van der Waals surface area contributed by atoms with Gasteiger partial charge in [-0.15, -0.1) is 0 Å². The fraction of sp³-hybridized carbons (Fsp3) is 0.722. The molecule has 1 amide bonds. The molecule has 0 aromatic carbocycles. The number of carbonyl (C=O) groups excluding carboxylic acids is 1. The van der Waals surface area contributed by atoms with E-state index in [4.69, 9.17) is 4.74 Å². The number of rotatable bonds is 6. The van der Waals surface area contributed by atoms with Gasteiger partial charge in [0, 0.05) is 57.3 Å². The van der Waals surface area contributed by atoms with Crippen molar-refractivity contribution in [3.05, 3.63) is 24.3 Å². The van der Waals surface area contributed by atoms with Crippen molar-refractivity contribution in [3.63, 3.8) is 0 Å². The number of aromatic nitrogens is 2. The Bertz CT molecular complexity index is 553. The molecular weight excluding hydrogens is 323 g/mol. The highest BCUT2D eigenvalue weighted by Crippen LogP contribution is 2.24. The van der Waals surface area contributed by atoms with Crippen LogP contribution in [-0.2, 0) is 16.1 Å². The number of likely N-dealkylation sites (N-methyl/N-ethyl adjacent to an activating group) is 1. The monoisotopic (exact) mass is 350 g/mol. The van der Waals surface area contributed by atoms with E-state index in [1.165, 1.54) is 6.33 Å². The Labute approximate surface area is 148 Å². The van der Waals surface area contributed by atoms with Gasteiger partial charge in [0.1, 0.15) is 12.5 Å². The number of alkyl halides is 1. The Morgan fingerprint density at radius 2 is 2.20 bits per heavy atom. The highest BCUT2D eigenvalue weighted by atomic mass is 19.1. The molecule has 0 radical (unpaired) electrons. The highest BCUT2D eigenvalue weighted by Gasteiger charge is 2.33. The number of nitrogens with zero attached hydrogens (tertiary/aromatic N) is 4. The summed E-state index contributed by atoms with van der Waals surface area (Å²) in [6.45, 7) is 2.30. The molecule has 0 spiro atoms. The summed E-state index contributed by atoms with van der Waals surface area (Å²) >= 11 is 0. The van der Waals surface area contributed by atoms with Crippen LogP contribution in [0.2, 0.25) is 0 Å². The van der Waals surface area contributed by atoms with Crippen molar-refractivity contribution in [2.75, 3.05) is 26.7 Å². The average molecular weight is 350 g/mol. The molecule has 0 bridgehead atoms. The quantitative estimate of drug-likeness (QED) is 0.783. The van der Waals surface area contributed by atoms with E-state index in [2.05, 4.69) is 14.9 Å². The molecule has 3 rings (SSSR count). The maximum atomic E-state index is 14.0. The molecule has 7 heteroatoms. The van der Waals surface area contributed by atoms with Gasteiger partial charge in [0.25, 0.3) is 0 Å². The summed E-state index contributed by atoms with van der Waals surface area (Å²) in [4.78, 5) is 24.3. The Morgan fingerprint density at radius 1 is 1.40 bits per heavy atom. The first kappa shape index (κ1) is 18.2. The molecule has 3 atom stereocenters. The minimum absolute atomic E-state index is 0.0245. The molecule has 1 aromatic heterocycles. The van der Waals surface area contributed by atoms with Gasteiger partial charge in [0.05, 0.1) is 12.5 Å². The maximum Gasteiger partial charge on any atom is 0.224 e. The van der Waals surface area contributed by atoms with Crippen molar-refractivity contribution in [1.82, 2.24) is 19.8 Å². The van der Waals surface area contributed by atoms with Gasteiger partial charge in [0.15, 0.2) is 0 Å². The van der Waals surface area contributed by atoms with Crippen LogP contribution in [0.5, 0.6) is 0 Å². The summed E-state index contributed by atoms with van der Waals surface area (Å²) in [5.74, 6) is 0.0807. The molecule has 2 fully saturated rings. The van der Waals surface area contributed by atoms with Crippen molar-refractivity contribution < 1.29 is 13.9 Å². The first-order chi connectivity index (χ1) is 12.1. The molecule has 6 nitrogen and oxygen atoms in total. The first-order valence-electron chi connectivity index (χ1n) is 9.09. The zero-order chi connectivity index (χ0) is 17.6. The molecule has 0 saturated carbocycles. The second kappa shape index (κ2) is 8.67. The minimum atomic E-state index is -0.847. The summed E-state index contributed by atoms with van der Waals surface area (Å²) < 4.78 is 19.6. The van der Waals surface area contributed by atoms with Crippen LogP contribution in [0.4, 0.5) is 4.39 Å². The van der Waals surface area contributed by atoms with Crippen LogP contribution >= 0.6 is 0 Å². The number of hydrogen-bond donors (Lipinski definition) is 0. The van der Waals surface area contributed by atoms with E-state index < -0.39 is 6.17 Å². The standard InChI is InChI=1S/C18H27FN4O2/c1-22(18(24)7-17-4-2-3-5-25-17)12-16-6-15(19)11-23(16)10-14-8-20-13-21-9-14/h8-9,13,15-17H,2-7,10-12H2,1H3/t15-,16-,17+/m0/s1. The van der Waals surface area contributed by atoms with E-state index in [1.807, 2.05) is 0 Å². The first-order valence-corrected chi connectivity index (χ1v) is 9.09. The second-order valence-corrected chi connectivity index (χ2v) is 7.13. The van der Waals surface area contributed by atoms with Gasteiger partial charge in [-0.2, -0.15) is 0 Å². The number of ether oxygens (including phenoxy) is 1. The fourth-order valence-corrected chi connectivity index (χ4v) is 3.69. The Balaban J connectivity index is 1.52. The van der Waals surface area contributed by atoms with Gasteiger partial charge in [-0.25, -0.2) is 14.4 Å². The van der Waals surface area contributed by atoms with Gasteiger partial charge in [-0.05, 0) is 25.7 Å². The summed E-state index contributed by atoms with van der Waals surface area (Å²) in [5, 5.41) is 0. The summed E-state index contributed by atoms with van der Waals surface area (Å²) in [6, 6.07) is 0.0245. The molecule has 0 aliphatic carbocycles. The van der Waals surface area contributed by atoms with Crippen molar-refractivity contribution in [2.45, 2.75) is 57.0 Å². The van der Waals surface area contributed by atoms with Crippen molar-refractivity contribution in [1.29, 1.82) is 0 Å². The van der Waals surface area contributed by atoms with Crippen LogP contribution in [0.15, 0.2) is 18.7 Å². The van der Waals surface area contributed by atoms with E-state index in [1.54, 1.807) is 24.3 Å². The highest BCUT2D eigenvalue weighted by molar-refractivity contribution is 5.76. The van der Waals surface area contributed by atoms with Crippen LogP contribution in [0.25, 0.3) is 0 Å². The molecule has 3 heterocycles. The van der Waals surface area contributed by atoms with Crippen molar-refractivity contribution in [2.24, 2.45) is 0 Å². The number of hydrogen-bond acceptors (Lipinski definition) is 5. The van der Waals surface area contributed by atoms with E-state index >= 15 is 0 Å². The Kier molecular flexibility index (Phi) is 6.31. The number of likely N-dealkylation sites (tertiary alicyclic amines) is 1. The van der Waals surface area contributed by atoms with Crippen molar-refractivity contribution >= 4 is 5.91 Å². The summed E-state index contributed by atoms with van der Waals surface area (Å²) in [7, 11) is 1.81. The predicted molar refractivity (Wildman–Crippen MR) is 91.6 cm³/mol. The molecule has 2 aliphatic heterocycles. The Hall–Kier alpha value is -1.60. The third-order valence-electron chi connectivity index (χ3n) is 5.06. The third kappa shape index (κ3) is 5.19. The average Bonchev–Trinajstić information content (AvgIpc) is 2.95. The SMILES string of the molecule is CN(C[C@@H]1C[C@H](F)CN1Cc1cncnc1)C(=O)C[C@H]1CCCCO1. The lowest BCUT2D eigenvalue weighted by Crippen LogP contribution is -2.42. The minimum Gasteiger partial charge on any atom is -0.378 e. The molecule has 1 aromatic rings. The lowest BCUT2D eigenvalue weighted by atomic mass is 10.1. The van der Waals surface area contributed by atoms with E-state index in [0.29, 0.717) is 32.5 Å². The van der Waals surface area contributed by atoms with Gasteiger partial charge < -0.3 is 9.64 Å². The zero-order valence-corrected chi connectivity index (χ0v) is 14.8. The third-order valence-corrected chi connectivity index (χ3v) is 5.06. The smallest absolute Gasteiger partial charge is 0.224 e. The summed E-state index contributed by atoms with van der Waals surface area (Å²) in [6.07, 6.45) is 8.24. The van der Waals surface area contributed by atoms with Gasteiger partial charge in [0.2, 0.25) is 5.91 Å². The molecule has 25 heavy (non-hydrogen) atoms. The Morgan fingerprint density at radius 3 is 2.92 bits per heavy atom. The van der Waals surface area contributed by atoms with E-state index in [-0.39, 0.29) is 18.1 Å². The second-order valence-electron chi connectivity index (χ2n) is 7.13. The van der Waals surface area contributed by atoms with Crippen molar-refractivity contribution in [3.8, 4) is 0 Å². The largest absolute Gasteiger partial charge is 0.378 e. The lowest BCUT2D eigenvalue weighted by Gasteiger charge is -2.30. The van der Waals surface area contributed by atoms with Crippen LogP contribution in [-0.4, -0.2) is 70.7 Å². The van der Waals surface area contributed by atoms with Gasteiger partial charge in [-0.3, -0.25) is 9.69 Å². The van der Waals surface area contributed by atoms with E-state index in [0.717, 1.165) is 31.4 Å².